The molecular weight excluding hydrogens is 426 g/mol. The van der Waals surface area contributed by atoms with Gasteiger partial charge in [-0.2, -0.15) is 0 Å². The van der Waals surface area contributed by atoms with Gasteiger partial charge in [0.1, 0.15) is 17.3 Å². The van der Waals surface area contributed by atoms with Crippen LogP contribution in [0.25, 0.3) is 16.9 Å². The standard InChI is InChI=1S/C25H28F2N4O2/c1-14-8-9-31-21(11-16-4-6-18(7-5-16)29-15(2)32)24(30-22(31)10-14)23-19(26)12-17(13-20(23)27)25(33)28-3/h8-10,12-13,16,18H,4-7,11H2,1-3H3,(H,28,33)(H,29,32)/t16-,18+. The maximum atomic E-state index is 15.1. The van der Waals surface area contributed by atoms with Crippen molar-refractivity contribution in [2.75, 3.05) is 7.05 Å². The van der Waals surface area contributed by atoms with E-state index >= 15 is 8.78 Å². The Morgan fingerprint density at radius 1 is 1.12 bits per heavy atom. The van der Waals surface area contributed by atoms with E-state index in [2.05, 4.69) is 15.6 Å². The molecule has 1 saturated carbocycles. The van der Waals surface area contributed by atoms with E-state index in [0.717, 1.165) is 49.1 Å². The summed E-state index contributed by atoms with van der Waals surface area (Å²) in [6.07, 6.45) is 6.06. The Bertz CT molecular complexity index is 1190. The Balaban J connectivity index is 1.72. The monoisotopic (exact) mass is 454 g/mol. The molecule has 0 unspecified atom stereocenters. The van der Waals surface area contributed by atoms with Crippen LogP contribution in [0.2, 0.25) is 0 Å². The minimum absolute atomic E-state index is 0.0240. The highest BCUT2D eigenvalue weighted by atomic mass is 19.1. The Hall–Kier alpha value is -3.29. The Labute approximate surface area is 191 Å². The number of pyridine rings is 1. The first-order chi connectivity index (χ1) is 15.8. The van der Waals surface area contributed by atoms with Crippen LogP contribution in [0, 0.1) is 24.5 Å². The van der Waals surface area contributed by atoms with Crippen molar-refractivity contribution in [3.63, 3.8) is 0 Å². The molecule has 0 radical (unpaired) electrons. The third-order valence-corrected chi connectivity index (χ3v) is 6.38. The molecule has 0 spiro atoms. The van der Waals surface area contributed by atoms with Crippen molar-refractivity contribution in [3.8, 4) is 11.3 Å². The number of fused-ring (bicyclic) bond motifs is 1. The molecule has 2 N–H and O–H groups in total. The van der Waals surface area contributed by atoms with Crippen LogP contribution >= 0.6 is 0 Å². The van der Waals surface area contributed by atoms with Gasteiger partial charge in [-0.25, -0.2) is 13.8 Å². The highest BCUT2D eigenvalue weighted by molar-refractivity contribution is 5.94. The molecule has 0 bridgehead atoms. The molecule has 1 aromatic carbocycles. The zero-order chi connectivity index (χ0) is 23.7. The Kier molecular flexibility index (Phi) is 6.44. The number of aromatic nitrogens is 2. The lowest BCUT2D eigenvalue weighted by Gasteiger charge is -2.29. The first-order valence-corrected chi connectivity index (χ1v) is 11.2. The van der Waals surface area contributed by atoms with E-state index in [0.29, 0.717) is 18.0 Å². The summed E-state index contributed by atoms with van der Waals surface area (Å²) in [5, 5.41) is 5.37. The number of nitrogens with one attached hydrogen (secondary N) is 2. The Morgan fingerprint density at radius 2 is 1.79 bits per heavy atom. The van der Waals surface area contributed by atoms with Crippen LogP contribution in [0.5, 0.6) is 0 Å². The van der Waals surface area contributed by atoms with Crippen molar-refractivity contribution < 1.29 is 18.4 Å². The molecule has 8 heteroatoms. The Morgan fingerprint density at radius 3 is 2.39 bits per heavy atom. The molecule has 4 rings (SSSR count). The maximum absolute atomic E-state index is 15.1. The number of nitrogens with zero attached hydrogens (tertiary/aromatic N) is 2. The van der Waals surface area contributed by atoms with Crippen LogP contribution in [0.15, 0.2) is 30.5 Å². The first-order valence-electron chi connectivity index (χ1n) is 11.2. The number of benzene rings is 1. The normalized spacial score (nSPS) is 18.3. The van der Waals surface area contributed by atoms with Crippen LogP contribution in [-0.4, -0.2) is 34.3 Å². The molecule has 2 amide bonds. The van der Waals surface area contributed by atoms with Crippen molar-refractivity contribution in [3.05, 3.63) is 58.9 Å². The van der Waals surface area contributed by atoms with Crippen LogP contribution in [0.3, 0.4) is 0 Å². The topological polar surface area (TPSA) is 75.5 Å². The molecule has 0 saturated heterocycles. The number of carbonyl (C=O) groups excluding carboxylic acids is 2. The fraction of sp³-hybridized carbons (Fsp3) is 0.400. The van der Waals surface area contributed by atoms with E-state index in [1.54, 1.807) is 0 Å². The van der Waals surface area contributed by atoms with E-state index in [1.807, 2.05) is 29.7 Å². The summed E-state index contributed by atoms with van der Waals surface area (Å²) in [7, 11) is 1.41. The van der Waals surface area contributed by atoms with Crippen LogP contribution in [-0.2, 0) is 11.2 Å². The van der Waals surface area contributed by atoms with Gasteiger partial charge >= 0.3 is 0 Å². The molecule has 2 aromatic heterocycles. The lowest BCUT2D eigenvalue weighted by atomic mass is 9.82. The lowest BCUT2D eigenvalue weighted by molar-refractivity contribution is -0.119. The lowest BCUT2D eigenvalue weighted by Crippen LogP contribution is -2.36. The van der Waals surface area contributed by atoms with Crippen molar-refractivity contribution >= 4 is 17.5 Å². The van der Waals surface area contributed by atoms with E-state index in [1.165, 1.54) is 14.0 Å². The fourth-order valence-corrected chi connectivity index (χ4v) is 4.74. The molecule has 3 aromatic rings. The summed E-state index contributed by atoms with van der Waals surface area (Å²) in [4.78, 5) is 27.8. The van der Waals surface area contributed by atoms with Crippen molar-refractivity contribution in [2.45, 2.75) is 52.0 Å². The summed E-state index contributed by atoms with van der Waals surface area (Å²) in [6, 6.07) is 6.10. The molecule has 6 nitrogen and oxygen atoms in total. The SMILES string of the molecule is CNC(=O)c1cc(F)c(-c2nc3cc(C)ccn3c2C[C@H]2CC[C@@H](NC(C)=O)CC2)c(F)c1. The molecule has 33 heavy (non-hydrogen) atoms. The zero-order valence-electron chi connectivity index (χ0n) is 19.0. The number of imidazole rings is 1. The number of hydrogen-bond acceptors (Lipinski definition) is 3. The number of carbonyl (C=O) groups is 2. The summed E-state index contributed by atoms with van der Waals surface area (Å²) in [5.74, 6) is -1.90. The third-order valence-electron chi connectivity index (χ3n) is 6.38. The van der Waals surface area contributed by atoms with Gasteiger partial charge in [0.05, 0.1) is 17.0 Å². The molecule has 2 heterocycles. The average molecular weight is 455 g/mol. The molecular formula is C25H28F2N4O2. The minimum atomic E-state index is -0.815. The van der Waals surface area contributed by atoms with Crippen molar-refractivity contribution in [1.82, 2.24) is 20.0 Å². The molecule has 0 aliphatic heterocycles. The van der Waals surface area contributed by atoms with Crippen molar-refractivity contribution in [2.24, 2.45) is 5.92 Å². The summed E-state index contributed by atoms with van der Waals surface area (Å²) < 4.78 is 32.1. The average Bonchev–Trinajstić information content (AvgIpc) is 3.10. The van der Waals surface area contributed by atoms with Gasteiger partial charge in [0.2, 0.25) is 5.91 Å². The van der Waals surface area contributed by atoms with Gasteiger partial charge in [-0.1, -0.05) is 0 Å². The van der Waals surface area contributed by atoms with Gasteiger partial charge in [-0.15, -0.1) is 0 Å². The fourth-order valence-electron chi connectivity index (χ4n) is 4.74. The quantitative estimate of drug-likeness (QED) is 0.607. The van der Waals surface area contributed by atoms with Crippen molar-refractivity contribution in [1.29, 1.82) is 0 Å². The van der Waals surface area contributed by atoms with E-state index in [4.69, 9.17) is 0 Å². The van der Waals surface area contributed by atoms with Crippen LogP contribution in [0.4, 0.5) is 8.78 Å². The predicted octanol–water partition coefficient (Wildman–Crippen LogP) is 4.18. The summed E-state index contributed by atoms with van der Waals surface area (Å²) in [6.45, 7) is 3.47. The largest absolute Gasteiger partial charge is 0.355 e. The molecule has 1 fully saturated rings. The number of rotatable bonds is 5. The van der Waals surface area contributed by atoms with E-state index < -0.39 is 17.5 Å². The predicted molar refractivity (Wildman–Crippen MR) is 122 cm³/mol. The van der Waals surface area contributed by atoms with Crippen LogP contribution in [0.1, 0.15) is 54.2 Å². The van der Waals surface area contributed by atoms with Crippen LogP contribution < -0.4 is 10.6 Å². The van der Waals surface area contributed by atoms with E-state index in [9.17, 15) is 9.59 Å². The number of amides is 2. The second-order valence-electron chi connectivity index (χ2n) is 8.86. The highest BCUT2D eigenvalue weighted by Crippen LogP contribution is 2.35. The highest BCUT2D eigenvalue weighted by Gasteiger charge is 2.27. The van der Waals surface area contributed by atoms with E-state index in [-0.39, 0.29) is 28.8 Å². The molecule has 0 atom stereocenters. The smallest absolute Gasteiger partial charge is 0.251 e. The summed E-state index contributed by atoms with van der Waals surface area (Å²) in [5.41, 5.74) is 2.35. The second kappa shape index (κ2) is 9.29. The first kappa shape index (κ1) is 22.9. The maximum Gasteiger partial charge on any atom is 0.251 e. The molecule has 1 aliphatic carbocycles. The van der Waals surface area contributed by atoms with Gasteiger partial charge in [-0.05, 0) is 74.8 Å². The summed E-state index contributed by atoms with van der Waals surface area (Å²) >= 11 is 0. The zero-order valence-corrected chi connectivity index (χ0v) is 19.0. The van der Waals surface area contributed by atoms with Gasteiger partial charge in [0, 0.05) is 31.8 Å². The minimum Gasteiger partial charge on any atom is -0.355 e. The number of aryl methyl sites for hydroxylation is 1. The number of hydrogen-bond donors (Lipinski definition) is 2. The molecule has 1 aliphatic rings. The number of halogens is 2. The van der Waals surface area contributed by atoms with Gasteiger partial charge in [0.25, 0.3) is 5.91 Å². The second-order valence-corrected chi connectivity index (χ2v) is 8.86. The van der Waals surface area contributed by atoms with Gasteiger partial charge in [-0.3, -0.25) is 9.59 Å². The third kappa shape index (κ3) is 4.74. The molecule has 174 valence electrons. The van der Waals surface area contributed by atoms with Gasteiger partial charge in [0.15, 0.2) is 0 Å². The van der Waals surface area contributed by atoms with Gasteiger partial charge < -0.3 is 15.0 Å².